The number of nitrogens with zero attached hydrogens (tertiary/aromatic N) is 4. The topological polar surface area (TPSA) is 96.1 Å². The summed E-state index contributed by atoms with van der Waals surface area (Å²) < 4.78 is 8.67. The third-order valence-electron chi connectivity index (χ3n) is 4.29. The Bertz CT molecular complexity index is 934. The second-order valence-corrected chi connectivity index (χ2v) is 5.88. The molecule has 8 nitrogen and oxygen atoms in total. The highest BCUT2D eigenvalue weighted by molar-refractivity contribution is 5.97. The molecule has 3 heterocycles. The highest BCUT2D eigenvalue weighted by atomic mass is 16.6. The number of hydrogen-bond acceptors (Lipinski definition) is 5. The maximum Gasteiger partial charge on any atom is 0.343 e. The molecule has 0 amide bonds. The summed E-state index contributed by atoms with van der Waals surface area (Å²) in [4.78, 5) is 27.2. The molecule has 3 aromatic heterocycles. The zero-order valence-corrected chi connectivity index (χ0v) is 14.2. The number of ketones is 1. The molecule has 0 radical (unpaired) electrons. The number of carbonyl (C=O) groups excluding carboxylic acids is 1. The predicted octanol–water partition coefficient (Wildman–Crippen LogP) is 3.04. The van der Waals surface area contributed by atoms with Gasteiger partial charge in [-0.2, -0.15) is 0 Å². The molecule has 25 heavy (non-hydrogen) atoms. The van der Waals surface area contributed by atoms with Crippen LogP contribution in [0.25, 0.3) is 0 Å². The monoisotopic (exact) mass is 342 g/mol. The maximum absolute atomic E-state index is 12.7. The van der Waals surface area contributed by atoms with Crippen molar-refractivity contribution in [3.63, 3.8) is 0 Å². The number of imidazole rings is 1. The van der Waals surface area contributed by atoms with Crippen molar-refractivity contribution in [2.24, 2.45) is 0 Å². The maximum atomic E-state index is 12.7. The van der Waals surface area contributed by atoms with Gasteiger partial charge in [0.15, 0.2) is 12.4 Å². The number of Topliss-reactive ketones (excluding diaryl/α,β-unsaturated/α-hetero) is 1. The molecule has 0 unspecified atom stereocenters. The van der Waals surface area contributed by atoms with Crippen molar-refractivity contribution < 1.29 is 14.1 Å². The Hall–Kier alpha value is -3.16. The van der Waals surface area contributed by atoms with Crippen LogP contribution in [0.4, 0.5) is 5.82 Å². The lowest BCUT2D eigenvalue weighted by Gasteiger charge is -2.08. The van der Waals surface area contributed by atoms with Gasteiger partial charge in [-0.1, -0.05) is 0 Å². The molecular formula is C17H18N4O4. The molecule has 3 aromatic rings. The predicted molar refractivity (Wildman–Crippen MR) is 89.7 cm³/mol. The van der Waals surface area contributed by atoms with E-state index in [1.165, 1.54) is 10.8 Å². The lowest BCUT2D eigenvalue weighted by Crippen LogP contribution is -2.14. The molecule has 0 aliphatic carbocycles. The first kappa shape index (κ1) is 16.7. The molecule has 0 N–H and O–H groups in total. The van der Waals surface area contributed by atoms with E-state index < -0.39 is 4.92 Å². The summed E-state index contributed by atoms with van der Waals surface area (Å²) in [6.45, 7) is 5.83. The molecule has 0 atom stereocenters. The highest BCUT2D eigenvalue weighted by Crippen LogP contribution is 2.20. The van der Waals surface area contributed by atoms with Crippen LogP contribution < -0.4 is 0 Å². The standard InChI is InChI=1S/C17H18N4O4/c1-11-7-15(12(2)19(11)9-14-5-4-6-25-14)16(22)10-20-13(3)18-8-17(20)21(23)24/h4-8H,9-10H2,1-3H3. The first-order valence-electron chi connectivity index (χ1n) is 7.77. The van der Waals surface area contributed by atoms with Crippen LogP contribution in [-0.2, 0) is 13.1 Å². The molecule has 0 aliphatic rings. The molecule has 0 saturated heterocycles. The Morgan fingerprint density at radius 2 is 2.08 bits per heavy atom. The van der Waals surface area contributed by atoms with E-state index in [4.69, 9.17) is 4.42 Å². The van der Waals surface area contributed by atoms with E-state index >= 15 is 0 Å². The first-order valence-corrected chi connectivity index (χ1v) is 7.77. The first-order chi connectivity index (χ1) is 11.9. The highest BCUT2D eigenvalue weighted by Gasteiger charge is 2.23. The van der Waals surface area contributed by atoms with E-state index in [0.717, 1.165) is 17.1 Å². The van der Waals surface area contributed by atoms with Gasteiger partial charge in [-0.15, -0.1) is 0 Å². The molecule has 0 aromatic carbocycles. The minimum absolute atomic E-state index is 0.118. The molecular weight excluding hydrogens is 324 g/mol. The molecule has 0 spiro atoms. The second-order valence-electron chi connectivity index (χ2n) is 5.88. The van der Waals surface area contributed by atoms with Crippen molar-refractivity contribution in [3.05, 3.63) is 69.3 Å². The minimum Gasteiger partial charge on any atom is -0.467 e. The van der Waals surface area contributed by atoms with Crippen LogP contribution in [0.3, 0.4) is 0 Å². The molecule has 130 valence electrons. The molecule has 0 fully saturated rings. The van der Waals surface area contributed by atoms with Crippen LogP contribution in [0.5, 0.6) is 0 Å². The van der Waals surface area contributed by atoms with Gasteiger partial charge in [0.1, 0.15) is 12.0 Å². The fourth-order valence-corrected chi connectivity index (χ4v) is 2.91. The van der Waals surface area contributed by atoms with Crippen molar-refractivity contribution in [1.29, 1.82) is 0 Å². The lowest BCUT2D eigenvalue weighted by molar-refractivity contribution is -0.392. The number of rotatable bonds is 6. The SMILES string of the molecule is Cc1cc(C(=O)Cn2c([N+](=O)[O-])cnc2C)c(C)n1Cc1ccco1. The Balaban J connectivity index is 1.89. The van der Waals surface area contributed by atoms with Gasteiger partial charge in [0.05, 0.1) is 12.8 Å². The summed E-state index contributed by atoms with van der Waals surface area (Å²) in [6, 6.07) is 5.49. The molecule has 0 bridgehead atoms. The van der Waals surface area contributed by atoms with Gasteiger partial charge >= 0.3 is 5.82 Å². The fourth-order valence-electron chi connectivity index (χ4n) is 2.91. The summed E-state index contributed by atoms with van der Waals surface area (Å²) in [6.07, 6.45) is 2.78. The van der Waals surface area contributed by atoms with E-state index in [1.54, 1.807) is 19.3 Å². The van der Waals surface area contributed by atoms with Crippen LogP contribution >= 0.6 is 0 Å². The minimum atomic E-state index is -0.534. The van der Waals surface area contributed by atoms with Gasteiger partial charge in [-0.3, -0.25) is 4.79 Å². The van der Waals surface area contributed by atoms with Gasteiger partial charge in [0.2, 0.25) is 5.78 Å². The Morgan fingerprint density at radius 1 is 1.32 bits per heavy atom. The zero-order chi connectivity index (χ0) is 18.1. The van der Waals surface area contributed by atoms with E-state index in [0.29, 0.717) is 17.9 Å². The Kier molecular flexibility index (Phi) is 4.26. The second kappa shape index (κ2) is 6.39. The van der Waals surface area contributed by atoms with Crippen molar-refractivity contribution in [3.8, 4) is 0 Å². The summed E-state index contributed by atoms with van der Waals surface area (Å²) in [5.74, 6) is 0.851. The number of nitro groups is 1. The van der Waals surface area contributed by atoms with Crippen LogP contribution in [-0.4, -0.2) is 24.8 Å². The average molecular weight is 342 g/mol. The third kappa shape index (κ3) is 3.10. The number of hydrogen-bond donors (Lipinski definition) is 0. The zero-order valence-electron chi connectivity index (χ0n) is 14.2. The van der Waals surface area contributed by atoms with Crippen LogP contribution in [0.2, 0.25) is 0 Å². The third-order valence-corrected chi connectivity index (χ3v) is 4.29. The molecule has 0 aliphatic heterocycles. The quantitative estimate of drug-likeness (QED) is 0.390. The van der Waals surface area contributed by atoms with Crippen molar-refractivity contribution in [2.75, 3.05) is 0 Å². The van der Waals surface area contributed by atoms with Crippen LogP contribution in [0, 0.1) is 30.9 Å². The largest absolute Gasteiger partial charge is 0.467 e. The van der Waals surface area contributed by atoms with E-state index in [2.05, 4.69) is 4.98 Å². The molecule has 0 saturated carbocycles. The Morgan fingerprint density at radius 3 is 2.72 bits per heavy atom. The van der Waals surface area contributed by atoms with E-state index in [1.807, 2.05) is 30.5 Å². The lowest BCUT2D eigenvalue weighted by atomic mass is 10.1. The summed E-state index contributed by atoms with van der Waals surface area (Å²) in [7, 11) is 0. The summed E-state index contributed by atoms with van der Waals surface area (Å²) in [5, 5.41) is 11.1. The molecule has 8 heteroatoms. The average Bonchev–Trinajstić information content (AvgIpc) is 3.25. The fraction of sp³-hybridized carbons (Fsp3) is 0.294. The van der Waals surface area contributed by atoms with E-state index in [-0.39, 0.29) is 18.1 Å². The van der Waals surface area contributed by atoms with Crippen molar-refractivity contribution in [2.45, 2.75) is 33.9 Å². The number of aromatic nitrogens is 3. The van der Waals surface area contributed by atoms with E-state index in [9.17, 15) is 14.9 Å². The molecule has 3 rings (SSSR count). The smallest absolute Gasteiger partial charge is 0.343 e. The Labute approximate surface area is 143 Å². The number of carbonyl (C=O) groups is 1. The number of aryl methyl sites for hydroxylation is 2. The normalized spacial score (nSPS) is 11.0. The van der Waals surface area contributed by atoms with Crippen molar-refractivity contribution in [1.82, 2.24) is 14.1 Å². The van der Waals surface area contributed by atoms with Gasteiger partial charge in [0, 0.05) is 23.9 Å². The van der Waals surface area contributed by atoms with Gasteiger partial charge in [-0.05, 0) is 37.0 Å². The van der Waals surface area contributed by atoms with Crippen LogP contribution in [0.15, 0.2) is 35.1 Å². The summed E-state index contributed by atoms with van der Waals surface area (Å²) in [5.41, 5.74) is 2.28. The van der Waals surface area contributed by atoms with Crippen LogP contribution in [0.1, 0.15) is 33.3 Å². The van der Waals surface area contributed by atoms with Gasteiger partial charge in [0.25, 0.3) is 0 Å². The van der Waals surface area contributed by atoms with Gasteiger partial charge < -0.3 is 19.1 Å². The van der Waals surface area contributed by atoms with Gasteiger partial charge in [-0.25, -0.2) is 9.55 Å². The number of furan rings is 1. The summed E-state index contributed by atoms with van der Waals surface area (Å²) >= 11 is 0. The van der Waals surface area contributed by atoms with Crippen molar-refractivity contribution >= 4 is 11.6 Å².